The van der Waals surface area contributed by atoms with Gasteiger partial charge in [-0.15, -0.1) is 0 Å². The van der Waals surface area contributed by atoms with Crippen LogP contribution in [0.25, 0.3) is 0 Å². The highest BCUT2D eigenvalue weighted by atomic mass is 79.9. The minimum atomic E-state index is -0.0706. The molecular formula is C6H6BrN3. The van der Waals surface area contributed by atoms with Crippen molar-refractivity contribution in [3.63, 3.8) is 0 Å². The second-order valence-corrected chi connectivity index (χ2v) is 2.26. The number of halogens is 1. The zero-order valence-corrected chi connectivity index (χ0v) is 6.80. The lowest BCUT2D eigenvalue weighted by Crippen LogP contribution is -2.06. The molecule has 0 fully saturated rings. The van der Waals surface area contributed by atoms with E-state index in [0.29, 0.717) is 4.48 Å². The van der Waals surface area contributed by atoms with Crippen molar-refractivity contribution in [2.75, 3.05) is 0 Å². The summed E-state index contributed by atoms with van der Waals surface area (Å²) in [6.07, 6.45) is 2.96. The molecule has 0 spiro atoms. The number of nitrogens with two attached hydrogens (primary N) is 1. The Hall–Kier alpha value is -1.08. The van der Waals surface area contributed by atoms with E-state index in [1.165, 1.54) is 6.20 Å². The zero-order valence-electron chi connectivity index (χ0n) is 5.21. The highest BCUT2D eigenvalue weighted by Crippen LogP contribution is 2.04. The minimum Gasteiger partial charge on any atom is -0.375 e. The number of aliphatic imine (C=N–C) groups is 1. The summed E-state index contributed by atoms with van der Waals surface area (Å²) in [6.45, 7) is 3.46. The van der Waals surface area contributed by atoms with E-state index in [1.54, 1.807) is 12.1 Å². The monoisotopic (exact) mass is 199 g/mol. The lowest BCUT2D eigenvalue weighted by atomic mass is 10.6. The second kappa shape index (κ2) is 4.77. The summed E-state index contributed by atoms with van der Waals surface area (Å²) in [7, 11) is 0. The van der Waals surface area contributed by atoms with Gasteiger partial charge in [0.1, 0.15) is 6.07 Å². The van der Waals surface area contributed by atoms with Gasteiger partial charge in [0.25, 0.3) is 0 Å². The van der Waals surface area contributed by atoms with E-state index in [9.17, 15) is 0 Å². The first-order valence-corrected chi connectivity index (χ1v) is 3.21. The fraction of sp³-hybridized carbons (Fsp3) is 0. The number of allylic oxidation sites excluding steroid dienone is 2. The van der Waals surface area contributed by atoms with Gasteiger partial charge in [0, 0.05) is 10.7 Å². The molecule has 0 aromatic rings. The third kappa shape index (κ3) is 3.87. The summed E-state index contributed by atoms with van der Waals surface area (Å²) in [5.41, 5.74) is 5.07. The smallest absolute Gasteiger partial charge is 0.203 e. The Labute approximate surface area is 67.7 Å². The molecule has 3 nitrogen and oxygen atoms in total. The van der Waals surface area contributed by atoms with Gasteiger partial charge >= 0.3 is 0 Å². The van der Waals surface area contributed by atoms with Gasteiger partial charge in [-0.3, -0.25) is 0 Å². The van der Waals surface area contributed by atoms with Gasteiger partial charge in [-0.1, -0.05) is 12.7 Å². The average Bonchev–Trinajstić information content (AvgIpc) is 1.99. The minimum absolute atomic E-state index is 0.0706. The molecule has 0 radical (unpaired) electrons. The molecule has 0 aromatic carbocycles. The summed E-state index contributed by atoms with van der Waals surface area (Å²) < 4.78 is 0.686. The van der Waals surface area contributed by atoms with Crippen molar-refractivity contribution in [2.45, 2.75) is 0 Å². The molecule has 52 valence electrons. The number of nitriles is 1. The average molecular weight is 200 g/mol. The largest absolute Gasteiger partial charge is 0.375 e. The number of amidine groups is 1. The standard InChI is InChI=1S/C6H6BrN3/c1-2-5(7)4-10-6(9)3-8/h2,4H,1H2,(H2,9,10)/b5-4+. The van der Waals surface area contributed by atoms with Gasteiger partial charge in [0.05, 0.1) is 0 Å². The van der Waals surface area contributed by atoms with Gasteiger partial charge < -0.3 is 5.73 Å². The maximum Gasteiger partial charge on any atom is 0.203 e. The van der Waals surface area contributed by atoms with Crippen molar-refractivity contribution in [2.24, 2.45) is 10.7 Å². The first-order chi connectivity index (χ1) is 4.70. The van der Waals surface area contributed by atoms with Crippen LogP contribution in [0.2, 0.25) is 0 Å². The van der Waals surface area contributed by atoms with Crippen LogP contribution in [-0.2, 0) is 0 Å². The molecule has 0 unspecified atom stereocenters. The fourth-order valence-corrected chi connectivity index (χ4v) is 0.315. The fourth-order valence-electron chi connectivity index (χ4n) is 0.213. The lowest BCUT2D eigenvalue weighted by Gasteiger charge is -1.82. The van der Waals surface area contributed by atoms with Crippen LogP contribution in [0.1, 0.15) is 0 Å². The number of hydrogen-bond donors (Lipinski definition) is 1. The van der Waals surface area contributed by atoms with Gasteiger partial charge in [-0.05, 0) is 15.9 Å². The molecular weight excluding hydrogens is 194 g/mol. The Bertz CT molecular complexity index is 222. The van der Waals surface area contributed by atoms with Crippen molar-refractivity contribution in [1.82, 2.24) is 0 Å². The molecule has 0 rings (SSSR count). The molecule has 0 aliphatic carbocycles. The summed E-state index contributed by atoms with van der Waals surface area (Å²) in [6, 6.07) is 1.67. The third-order valence-electron chi connectivity index (χ3n) is 0.637. The Morgan fingerprint density at radius 3 is 2.80 bits per heavy atom. The SMILES string of the molecule is C=C/C(Br)=C\N=C(/N)C#N. The molecule has 0 aliphatic rings. The molecule has 0 atom stereocenters. The van der Waals surface area contributed by atoms with Crippen molar-refractivity contribution in [1.29, 1.82) is 5.26 Å². The van der Waals surface area contributed by atoms with Crippen LogP contribution in [0.15, 0.2) is 28.3 Å². The van der Waals surface area contributed by atoms with E-state index in [1.807, 2.05) is 0 Å². The second-order valence-electron chi connectivity index (χ2n) is 1.34. The van der Waals surface area contributed by atoms with Crippen LogP contribution in [0, 0.1) is 11.3 Å². The normalized spacial score (nSPS) is 12.4. The Morgan fingerprint density at radius 1 is 1.80 bits per heavy atom. The third-order valence-corrected chi connectivity index (χ3v) is 1.17. The van der Waals surface area contributed by atoms with E-state index in [4.69, 9.17) is 11.0 Å². The van der Waals surface area contributed by atoms with Crippen LogP contribution < -0.4 is 5.73 Å². The van der Waals surface area contributed by atoms with E-state index in [2.05, 4.69) is 27.5 Å². The quantitative estimate of drug-likeness (QED) is 0.414. The first kappa shape index (κ1) is 8.92. The van der Waals surface area contributed by atoms with Gasteiger partial charge in [-0.25, -0.2) is 4.99 Å². The Kier molecular flexibility index (Phi) is 4.25. The van der Waals surface area contributed by atoms with Crippen LogP contribution in [-0.4, -0.2) is 5.84 Å². The highest BCUT2D eigenvalue weighted by molar-refractivity contribution is 9.11. The number of nitrogens with zero attached hydrogens (tertiary/aromatic N) is 2. The van der Waals surface area contributed by atoms with E-state index in [0.717, 1.165) is 0 Å². The molecule has 0 saturated heterocycles. The molecule has 2 N–H and O–H groups in total. The number of hydrogen-bond acceptors (Lipinski definition) is 2. The van der Waals surface area contributed by atoms with Crippen molar-refractivity contribution in [3.05, 3.63) is 23.3 Å². The molecule has 0 bridgehead atoms. The summed E-state index contributed by atoms with van der Waals surface area (Å²) in [5.74, 6) is -0.0706. The topological polar surface area (TPSA) is 62.2 Å². The highest BCUT2D eigenvalue weighted by Gasteiger charge is 1.82. The Balaban J connectivity index is 4.21. The van der Waals surface area contributed by atoms with E-state index in [-0.39, 0.29) is 5.84 Å². The predicted molar refractivity (Wildman–Crippen MR) is 44.4 cm³/mol. The van der Waals surface area contributed by atoms with Crippen molar-refractivity contribution >= 4 is 21.8 Å². The van der Waals surface area contributed by atoms with Crippen LogP contribution in [0.3, 0.4) is 0 Å². The molecule has 0 heterocycles. The molecule has 0 aliphatic heterocycles. The van der Waals surface area contributed by atoms with E-state index >= 15 is 0 Å². The first-order valence-electron chi connectivity index (χ1n) is 2.42. The van der Waals surface area contributed by atoms with Crippen LogP contribution >= 0.6 is 15.9 Å². The molecule has 0 amide bonds. The summed E-state index contributed by atoms with van der Waals surface area (Å²) >= 11 is 3.11. The maximum atomic E-state index is 8.14. The van der Waals surface area contributed by atoms with Crippen molar-refractivity contribution in [3.8, 4) is 6.07 Å². The summed E-state index contributed by atoms with van der Waals surface area (Å²) in [5, 5.41) is 8.14. The van der Waals surface area contributed by atoms with Gasteiger partial charge in [0.15, 0.2) is 0 Å². The Morgan fingerprint density at radius 2 is 2.40 bits per heavy atom. The van der Waals surface area contributed by atoms with Crippen LogP contribution in [0.4, 0.5) is 0 Å². The molecule has 4 heteroatoms. The van der Waals surface area contributed by atoms with Gasteiger partial charge in [-0.2, -0.15) is 5.26 Å². The maximum absolute atomic E-state index is 8.14. The zero-order chi connectivity index (χ0) is 7.98. The van der Waals surface area contributed by atoms with E-state index < -0.39 is 0 Å². The molecule has 0 aromatic heterocycles. The lowest BCUT2D eigenvalue weighted by molar-refractivity contribution is 1.47. The summed E-state index contributed by atoms with van der Waals surface area (Å²) in [4.78, 5) is 3.57. The van der Waals surface area contributed by atoms with Gasteiger partial charge in [0.2, 0.25) is 5.84 Å². The molecule has 0 saturated carbocycles. The van der Waals surface area contributed by atoms with Crippen molar-refractivity contribution < 1.29 is 0 Å². The number of rotatable bonds is 2. The molecule has 10 heavy (non-hydrogen) atoms. The predicted octanol–water partition coefficient (Wildman–Crippen LogP) is 1.29. The van der Waals surface area contributed by atoms with Crippen LogP contribution in [0.5, 0.6) is 0 Å².